The predicted molar refractivity (Wildman–Crippen MR) is 43.1 cm³/mol. The van der Waals surface area contributed by atoms with E-state index >= 15 is 0 Å². The summed E-state index contributed by atoms with van der Waals surface area (Å²) in [6.07, 6.45) is 0. The van der Waals surface area contributed by atoms with Crippen molar-refractivity contribution >= 4 is 0 Å². The van der Waals surface area contributed by atoms with E-state index in [2.05, 4.69) is 5.29 Å². The first kappa shape index (κ1) is 14.8. The van der Waals surface area contributed by atoms with E-state index in [4.69, 9.17) is 0 Å². The molecule has 0 N–H and O–H groups in total. The molecule has 0 spiro atoms. The van der Waals surface area contributed by atoms with Crippen molar-refractivity contribution in [2.45, 2.75) is 33.2 Å². The van der Waals surface area contributed by atoms with Crippen molar-refractivity contribution < 1.29 is 29.6 Å². The third-order valence-electron chi connectivity index (χ3n) is 1.35. The topological polar surface area (TPSA) is 59.0 Å². The quantitative estimate of drug-likeness (QED) is 0.304. The first-order valence-electron chi connectivity index (χ1n) is 3.51. The maximum Gasteiger partial charge on any atom is 1.00 e. The summed E-state index contributed by atoms with van der Waals surface area (Å²) >= 11 is 0. The van der Waals surface area contributed by atoms with Crippen LogP contribution in [-0.4, -0.2) is 22.4 Å². The molecule has 0 rings (SSSR count). The minimum Gasteiger partial charge on any atom is -0.724 e. The van der Waals surface area contributed by atoms with Crippen LogP contribution in [0.4, 0.5) is 0 Å². The van der Waals surface area contributed by atoms with Gasteiger partial charge in [-0.15, -0.1) is 4.91 Å². The molecule has 0 radical (unpaired) electrons. The Bertz CT molecular complexity index is 137. The molecule has 0 aliphatic rings. The molecular formula is C6H14N3NaO2. The largest absolute Gasteiger partial charge is 1.00 e. The van der Waals surface area contributed by atoms with E-state index in [1.165, 1.54) is 5.01 Å². The van der Waals surface area contributed by atoms with Gasteiger partial charge in [0.25, 0.3) is 0 Å². The number of hydrogen-bond donors (Lipinski definition) is 0. The van der Waals surface area contributed by atoms with Crippen LogP contribution in [0.25, 0.3) is 0 Å². The Balaban J connectivity index is 0. The average Bonchev–Trinajstić information content (AvgIpc) is 1.86. The minimum absolute atomic E-state index is 0. The molecule has 0 fully saturated rings. The summed E-state index contributed by atoms with van der Waals surface area (Å²) in [6.45, 7) is 7.78. The van der Waals surface area contributed by atoms with Gasteiger partial charge in [-0.3, -0.25) is 5.28 Å². The van der Waals surface area contributed by atoms with Gasteiger partial charge in [-0.1, -0.05) is 6.92 Å². The van der Waals surface area contributed by atoms with E-state index in [0.717, 1.165) is 0 Å². The van der Waals surface area contributed by atoms with E-state index < -0.39 is 0 Å². The van der Waals surface area contributed by atoms with Crippen LogP contribution in [0.2, 0.25) is 0 Å². The van der Waals surface area contributed by atoms with Gasteiger partial charge in [0.15, 0.2) is 0 Å². The van der Waals surface area contributed by atoms with Gasteiger partial charge < -0.3 is 5.21 Å². The van der Waals surface area contributed by atoms with Crippen LogP contribution in [-0.2, 0) is 0 Å². The van der Waals surface area contributed by atoms with Gasteiger partial charge in [-0.25, -0.2) is 5.01 Å². The molecule has 66 valence electrons. The zero-order chi connectivity index (χ0) is 9.07. The summed E-state index contributed by atoms with van der Waals surface area (Å²) in [5, 5.41) is 14.4. The molecule has 0 unspecified atom stereocenters. The van der Waals surface area contributed by atoms with Crippen LogP contribution in [0.1, 0.15) is 27.7 Å². The minimum atomic E-state index is -0.357. The van der Waals surface area contributed by atoms with Gasteiger partial charge in [0.05, 0.1) is 5.29 Å². The maximum absolute atomic E-state index is 10.8. The summed E-state index contributed by atoms with van der Waals surface area (Å²) in [7, 11) is 0. The SMILES string of the molecule is CCN(N([O-])N=O)C(C)(C)C.[Na+]. The molecule has 0 saturated heterocycles. The first-order valence-corrected chi connectivity index (χ1v) is 3.51. The van der Waals surface area contributed by atoms with Crippen LogP contribution >= 0.6 is 0 Å². The fraction of sp³-hybridized carbons (Fsp3) is 1.00. The molecule has 0 aromatic carbocycles. The zero-order valence-corrected chi connectivity index (χ0v) is 10.4. The Labute approximate surface area is 94.9 Å². The zero-order valence-electron chi connectivity index (χ0n) is 8.37. The van der Waals surface area contributed by atoms with E-state index in [1.54, 1.807) is 6.92 Å². The summed E-state index contributed by atoms with van der Waals surface area (Å²) in [5.41, 5.74) is -0.357. The number of nitroso groups, excluding NO2 is 1. The van der Waals surface area contributed by atoms with Gasteiger partial charge >= 0.3 is 29.6 Å². The summed E-state index contributed by atoms with van der Waals surface area (Å²) < 4.78 is 0. The van der Waals surface area contributed by atoms with Gasteiger partial charge in [-0.2, -0.15) is 0 Å². The van der Waals surface area contributed by atoms with Crippen molar-refractivity contribution in [3.8, 4) is 0 Å². The van der Waals surface area contributed by atoms with Crippen LogP contribution in [0.5, 0.6) is 0 Å². The molecule has 0 heterocycles. The molecule has 0 aliphatic carbocycles. The second-order valence-corrected chi connectivity index (χ2v) is 3.22. The molecule has 6 heteroatoms. The molecule has 0 saturated carbocycles. The predicted octanol–water partition coefficient (Wildman–Crippen LogP) is -1.49. The molecule has 0 atom stereocenters. The van der Waals surface area contributed by atoms with Crippen molar-refractivity contribution in [3.63, 3.8) is 0 Å². The average molecular weight is 183 g/mol. The molecule has 0 aromatic rings. The van der Waals surface area contributed by atoms with E-state index in [0.29, 0.717) is 6.54 Å². The number of rotatable bonds is 3. The van der Waals surface area contributed by atoms with Crippen molar-refractivity contribution in [2.75, 3.05) is 6.54 Å². The standard InChI is InChI=1S/C6H14N3O2.Na/c1-5-8(6(2,3)4)9(11)7-10;/h5H2,1-4H3;/q-1;+1. The Kier molecular flexibility index (Phi) is 7.26. The number of hydrazine groups is 1. The molecule has 5 nitrogen and oxygen atoms in total. The molecule has 0 amide bonds. The van der Waals surface area contributed by atoms with Crippen molar-refractivity contribution in [1.29, 1.82) is 0 Å². The second kappa shape index (κ2) is 5.88. The van der Waals surface area contributed by atoms with E-state index in [9.17, 15) is 10.1 Å². The fourth-order valence-corrected chi connectivity index (χ4v) is 0.896. The van der Waals surface area contributed by atoms with Crippen molar-refractivity contribution in [3.05, 3.63) is 10.1 Å². The monoisotopic (exact) mass is 183 g/mol. The summed E-state index contributed by atoms with van der Waals surface area (Å²) in [4.78, 5) is 9.87. The molecule has 12 heavy (non-hydrogen) atoms. The Morgan fingerprint density at radius 1 is 1.42 bits per heavy atom. The van der Waals surface area contributed by atoms with E-state index in [-0.39, 0.29) is 40.4 Å². The Morgan fingerprint density at radius 3 is 1.92 bits per heavy atom. The van der Waals surface area contributed by atoms with E-state index in [1.807, 2.05) is 20.8 Å². The third-order valence-corrected chi connectivity index (χ3v) is 1.35. The molecular weight excluding hydrogens is 169 g/mol. The number of nitrogens with zero attached hydrogens (tertiary/aromatic N) is 3. The van der Waals surface area contributed by atoms with Crippen molar-refractivity contribution in [2.24, 2.45) is 5.29 Å². The third kappa shape index (κ3) is 4.37. The van der Waals surface area contributed by atoms with Gasteiger partial charge in [0, 0.05) is 12.1 Å². The summed E-state index contributed by atoms with van der Waals surface area (Å²) in [6, 6.07) is 0. The Morgan fingerprint density at radius 2 is 1.83 bits per heavy atom. The fourth-order valence-electron chi connectivity index (χ4n) is 0.896. The van der Waals surface area contributed by atoms with Crippen LogP contribution in [0.3, 0.4) is 0 Å². The van der Waals surface area contributed by atoms with Crippen LogP contribution in [0.15, 0.2) is 5.29 Å². The first-order chi connectivity index (χ1) is 4.93. The normalized spacial score (nSPS) is 10.8. The molecule has 0 aliphatic heterocycles. The smallest absolute Gasteiger partial charge is 0.724 e. The Hall–Kier alpha value is 0.320. The summed E-state index contributed by atoms with van der Waals surface area (Å²) in [5.74, 6) is 0. The number of hydrogen-bond acceptors (Lipinski definition) is 4. The molecule has 0 bridgehead atoms. The maximum atomic E-state index is 10.8. The van der Waals surface area contributed by atoms with Gasteiger partial charge in [-0.05, 0) is 20.8 Å². The molecule has 0 aromatic heterocycles. The van der Waals surface area contributed by atoms with Crippen molar-refractivity contribution in [1.82, 2.24) is 10.3 Å². The second-order valence-electron chi connectivity index (χ2n) is 3.22. The van der Waals surface area contributed by atoms with Gasteiger partial charge in [0.2, 0.25) is 0 Å². The van der Waals surface area contributed by atoms with Crippen LogP contribution in [0, 0.1) is 10.1 Å². The van der Waals surface area contributed by atoms with Crippen LogP contribution < -0.4 is 29.6 Å². The van der Waals surface area contributed by atoms with Gasteiger partial charge in [0.1, 0.15) is 0 Å².